The molecule has 0 heterocycles. The van der Waals surface area contributed by atoms with Gasteiger partial charge in [0.25, 0.3) is 0 Å². The minimum Gasteiger partial charge on any atom is -0.493 e. The number of nitrogens with zero attached hydrogens (tertiary/aromatic N) is 1. The van der Waals surface area contributed by atoms with Gasteiger partial charge in [0.05, 0.1) is 25.9 Å². The molecule has 5 heteroatoms. The molecule has 0 aliphatic heterocycles. The van der Waals surface area contributed by atoms with Gasteiger partial charge in [-0.2, -0.15) is 5.26 Å². The number of halogens is 1. The molecule has 0 bridgehead atoms. The molecule has 0 unspecified atom stereocenters. The van der Waals surface area contributed by atoms with E-state index < -0.39 is 0 Å². The maximum absolute atomic E-state index is 8.78. The van der Waals surface area contributed by atoms with E-state index in [1.807, 2.05) is 24.3 Å². The van der Waals surface area contributed by atoms with Crippen LogP contribution in [0.25, 0.3) is 0 Å². The number of nitriles is 1. The van der Waals surface area contributed by atoms with Crippen molar-refractivity contribution in [1.29, 1.82) is 5.26 Å². The smallest absolute Gasteiger partial charge is 0.203 e. The Kier molecular flexibility index (Phi) is 5.07. The van der Waals surface area contributed by atoms with E-state index in [4.69, 9.17) is 19.5 Å². The molecule has 2 aromatic rings. The van der Waals surface area contributed by atoms with Crippen molar-refractivity contribution in [2.45, 2.75) is 6.61 Å². The molecule has 4 nitrogen and oxygen atoms in total. The summed E-state index contributed by atoms with van der Waals surface area (Å²) in [5.74, 6) is 1.73. The Morgan fingerprint density at radius 3 is 2.10 bits per heavy atom. The van der Waals surface area contributed by atoms with Crippen LogP contribution in [0.15, 0.2) is 40.9 Å². The van der Waals surface area contributed by atoms with E-state index in [-0.39, 0.29) is 0 Å². The van der Waals surface area contributed by atoms with Gasteiger partial charge < -0.3 is 14.2 Å². The Morgan fingerprint density at radius 2 is 1.62 bits per heavy atom. The number of hydrogen-bond acceptors (Lipinski definition) is 4. The molecule has 108 valence electrons. The molecular weight excluding hydrogens is 334 g/mol. The maximum Gasteiger partial charge on any atom is 0.203 e. The fourth-order valence-electron chi connectivity index (χ4n) is 1.82. The Hall–Kier alpha value is -2.19. The second kappa shape index (κ2) is 7.00. The normalized spacial score (nSPS) is 9.81. The topological polar surface area (TPSA) is 51.5 Å². The summed E-state index contributed by atoms with van der Waals surface area (Å²) in [4.78, 5) is 0. The molecule has 0 atom stereocenters. The third-order valence-corrected chi connectivity index (χ3v) is 3.35. The lowest BCUT2D eigenvalue weighted by Gasteiger charge is -2.15. The highest BCUT2D eigenvalue weighted by Crippen LogP contribution is 2.40. The van der Waals surface area contributed by atoms with E-state index >= 15 is 0 Å². The highest BCUT2D eigenvalue weighted by Gasteiger charge is 2.13. The molecule has 2 rings (SSSR count). The van der Waals surface area contributed by atoms with Crippen LogP contribution in [0.3, 0.4) is 0 Å². The van der Waals surface area contributed by atoms with Crippen LogP contribution < -0.4 is 14.2 Å². The van der Waals surface area contributed by atoms with Crippen LogP contribution in [0.5, 0.6) is 17.2 Å². The molecule has 0 aliphatic carbocycles. The average molecular weight is 348 g/mol. The monoisotopic (exact) mass is 347 g/mol. The number of hydrogen-bond donors (Lipinski definition) is 0. The van der Waals surface area contributed by atoms with Gasteiger partial charge in [0, 0.05) is 4.47 Å². The molecule has 0 spiro atoms. The van der Waals surface area contributed by atoms with Gasteiger partial charge in [-0.15, -0.1) is 0 Å². The van der Waals surface area contributed by atoms with Crippen LogP contribution >= 0.6 is 15.9 Å². The quantitative estimate of drug-likeness (QED) is 0.822. The van der Waals surface area contributed by atoms with E-state index in [0.717, 1.165) is 10.0 Å². The van der Waals surface area contributed by atoms with Gasteiger partial charge in [0.2, 0.25) is 5.75 Å². The van der Waals surface area contributed by atoms with Crippen LogP contribution in [0.2, 0.25) is 0 Å². The molecule has 2 aromatic carbocycles. The number of rotatable bonds is 5. The third-order valence-electron chi connectivity index (χ3n) is 2.89. The number of benzene rings is 2. The van der Waals surface area contributed by atoms with Crippen molar-refractivity contribution >= 4 is 15.9 Å². The van der Waals surface area contributed by atoms with Gasteiger partial charge in [0.15, 0.2) is 11.5 Å². The minimum atomic E-state index is 0.361. The van der Waals surface area contributed by atoms with E-state index in [9.17, 15) is 0 Å². The van der Waals surface area contributed by atoms with Crippen LogP contribution in [0.1, 0.15) is 11.1 Å². The summed E-state index contributed by atoms with van der Waals surface area (Å²) in [6.07, 6.45) is 0. The molecule has 0 amide bonds. The predicted octanol–water partition coefficient (Wildman–Crippen LogP) is 3.92. The molecule has 0 saturated heterocycles. The molecule has 0 aliphatic rings. The molecule has 0 aromatic heterocycles. The molecule has 21 heavy (non-hydrogen) atoms. The standard InChI is InChI=1S/C16H14BrNO3/c1-19-14-7-13(17)8-15(20-2)16(14)21-10-12-5-3-11(9-18)4-6-12/h3-8H,10H2,1-2H3. The number of ether oxygens (including phenoxy) is 3. The number of methoxy groups -OCH3 is 2. The first-order valence-electron chi connectivity index (χ1n) is 6.21. The van der Waals surface area contributed by atoms with E-state index in [0.29, 0.717) is 29.4 Å². The van der Waals surface area contributed by atoms with Crippen molar-refractivity contribution < 1.29 is 14.2 Å². The van der Waals surface area contributed by atoms with Crippen molar-refractivity contribution in [3.63, 3.8) is 0 Å². The van der Waals surface area contributed by atoms with Gasteiger partial charge in [-0.05, 0) is 29.8 Å². The van der Waals surface area contributed by atoms with Gasteiger partial charge in [-0.3, -0.25) is 0 Å². The zero-order valence-corrected chi connectivity index (χ0v) is 13.3. The molecule has 0 saturated carbocycles. The fraction of sp³-hybridized carbons (Fsp3) is 0.188. The molecule has 0 radical (unpaired) electrons. The lowest BCUT2D eigenvalue weighted by atomic mass is 10.1. The second-order valence-corrected chi connectivity index (χ2v) is 5.15. The summed E-state index contributed by atoms with van der Waals surface area (Å²) in [6.45, 7) is 0.361. The van der Waals surface area contributed by atoms with E-state index in [2.05, 4.69) is 22.0 Å². The first kappa shape index (κ1) is 15.2. The first-order chi connectivity index (χ1) is 10.2. The van der Waals surface area contributed by atoms with Crippen LogP contribution in [-0.4, -0.2) is 14.2 Å². The molecular formula is C16H14BrNO3. The van der Waals surface area contributed by atoms with Gasteiger partial charge >= 0.3 is 0 Å². The Bertz CT molecular complexity index is 637. The van der Waals surface area contributed by atoms with E-state index in [1.165, 1.54) is 0 Å². The maximum atomic E-state index is 8.78. The van der Waals surface area contributed by atoms with Crippen molar-refractivity contribution in [2.24, 2.45) is 0 Å². The minimum absolute atomic E-state index is 0.361. The lowest BCUT2D eigenvalue weighted by molar-refractivity contribution is 0.265. The summed E-state index contributed by atoms with van der Waals surface area (Å²) < 4.78 is 17.3. The highest BCUT2D eigenvalue weighted by atomic mass is 79.9. The fourth-order valence-corrected chi connectivity index (χ4v) is 2.24. The second-order valence-electron chi connectivity index (χ2n) is 4.24. The summed E-state index contributed by atoms with van der Waals surface area (Å²) in [7, 11) is 3.16. The Balaban J connectivity index is 2.20. The van der Waals surface area contributed by atoms with Crippen LogP contribution in [-0.2, 0) is 6.61 Å². The highest BCUT2D eigenvalue weighted by molar-refractivity contribution is 9.10. The van der Waals surface area contributed by atoms with Gasteiger partial charge in [-0.25, -0.2) is 0 Å². The Labute approximate surface area is 132 Å². The Morgan fingerprint density at radius 1 is 1.05 bits per heavy atom. The summed E-state index contributed by atoms with van der Waals surface area (Å²) >= 11 is 3.39. The van der Waals surface area contributed by atoms with E-state index in [1.54, 1.807) is 26.4 Å². The first-order valence-corrected chi connectivity index (χ1v) is 7.00. The third kappa shape index (κ3) is 3.67. The van der Waals surface area contributed by atoms with Gasteiger partial charge in [0.1, 0.15) is 6.61 Å². The average Bonchev–Trinajstić information content (AvgIpc) is 2.53. The zero-order valence-electron chi connectivity index (χ0n) is 11.7. The molecule has 0 fully saturated rings. The van der Waals surface area contributed by atoms with Gasteiger partial charge in [-0.1, -0.05) is 28.1 Å². The van der Waals surface area contributed by atoms with Crippen LogP contribution in [0.4, 0.5) is 0 Å². The summed E-state index contributed by atoms with van der Waals surface area (Å²) in [5, 5.41) is 8.78. The zero-order chi connectivity index (χ0) is 15.2. The largest absolute Gasteiger partial charge is 0.493 e. The molecule has 0 N–H and O–H groups in total. The van der Waals surface area contributed by atoms with Crippen LogP contribution in [0, 0.1) is 11.3 Å². The van der Waals surface area contributed by atoms with Crippen molar-refractivity contribution in [2.75, 3.05) is 14.2 Å². The van der Waals surface area contributed by atoms with Crippen molar-refractivity contribution in [3.05, 3.63) is 52.0 Å². The van der Waals surface area contributed by atoms with Crippen molar-refractivity contribution in [3.8, 4) is 23.3 Å². The van der Waals surface area contributed by atoms with Crippen molar-refractivity contribution in [1.82, 2.24) is 0 Å². The predicted molar refractivity (Wildman–Crippen MR) is 82.7 cm³/mol. The summed E-state index contributed by atoms with van der Waals surface area (Å²) in [6, 6.07) is 12.9. The SMILES string of the molecule is COc1cc(Br)cc(OC)c1OCc1ccc(C#N)cc1. The lowest BCUT2D eigenvalue weighted by Crippen LogP contribution is -2.00. The summed E-state index contributed by atoms with van der Waals surface area (Å²) in [5.41, 5.74) is 1.58.